The number of nitrogens with zero attached hydrogens (tertiary/aromatic N) is 3. The maximum absolute atomic E-state index is 10.9. The van der Waals surface area contributed by atoms with Crippen molar-refractivity contribution in [1.29, 1.82) is 0 Å². The Kier molecular flexibility index (Phi) is 3.48. The van der Waals surface area contributed by atoms with Crippen LogP contribution in [-0.2, 0) is 0 Å². The quantitative estimate of drug-likeness (QED) is 0.313. The Labute approximate surface area is 120 Å². The third-order valence-corrected chi connectivity index (χ3v) is 3.44. The van der Waals surface area contributed by atoms with Crippen molar-refractivity contribution in [3.8, 4) is 0 Å². The number of para-hydroxylation sites is 1. The fourth-order valence-electron chi connectivity index (χ4n) is 2.30. The predicted octanol–water partition coefficient (Wildman–Crippen LogP) is 4.11. The molecule has 0 saturated heterocycles. The van der Waals surface area contributed by atoms with Crippen LogP contribution in [0.15, 0.2) is 53.9 Å². The lowest BCUT2D eigenvalue weighted by molar-refractivity contribution is 0.890. The van der Waals surface area contributed by atoms with E-state index in [9.17, 15) is 4.91 Å². The van der Waals surface area contributed by atoms with Gasteiger partial charge in [-0.05, 0) is 23.6 Å². The minimum Gasteiger partial charge on any atom is -0.256 e. The molecule has 0 aliphatic heterocycles. The van der Waals surface area contributed by atoms with Crippen molar-refractivity contribution in [3.05, 3.63) is 53.6 Å². The van der Waals surface area contributed by atoms with Crippen LogP contribution in [0, 0.1) is 4.91 Å². The number of fused-ring (bicyclic) bond motifs is 3. The molecule has 1 aromatic heterocycles. The molecule has 0 aliphatic rings. The molecule has 0 spiro atoms. The van der Waals surface area contributed by atoms with Gasteiger partial charge in [-0.2, -0.15) is 0 Å². The van der Waals surface area contributed by atoms with Gasteiger partial charge in [-0.1, -0.05) is 24.3 Å². The number of aromatic nitrogens is 1. The van der Waals surface area contributed by atoms with Gasteiger partial charge >= 0.3 is 0 Å². The third-order valence-electron chi connectivity index (χ3n) is 3.27. The molecule has 3 aromatic rings. The van der Waals surface area contributed by atoms with Gasteiger partial charge < -0.3 is 0 Å². The zero-order chi connectivity index (χ0) is 13.9. The summed E-state index contributed by atoms with van der Waals surface area (Å²) in [6, 6.07) is 13.7. The Morgan fingerprint density at radius 2 is 2.00 bits per heavy atom. The average Bonchev–Trinajstić information content (AvgIpc) is 2.52. The molecular formula is C15H12ClN3O. The van der Waals surface area contributed by atoms with Crippen LogP contribution < -0.4 is 5.01 Å². The van der Waals surface area contributed by atoms with E-state index >= 15 is 0 Å². The number of pyridine rings is 1. The summed E-state index contributed by atoms with van der Waals surface area (Å²) in [5, 5.41) is 7.52. The van der Waals surface area contributed by atoms with E-state index in [1.807, 2.05) is 48.7 Å². The first-order valence-corrected chi connectivity index (χ1v) is 6.81. The summed E-state index contributed by atoms with van der Waals surface area (Å²) in [7, 11) is 0. The highest BCUT2D eigenvalue weighted by molar-refractivity contribution is 6.18. The van der Waals surface area contributed by atoms with Crippen LogP contribution >= 0.6 is 11.6 Å². The molecule has 4 nitrogen and oxygen atoms in total. The molecule has 0 aliphatic carbocycles. The Morgan fingerprint density at radius 1 is 1.15 bits per heavy atom. The lowest BCUT2D eigenvalue weighted by Gasteiger charge is -2.14. The normalized spacial score (nSPS) is 10.8. The van der Waals surface area contributed by atoms with Crippen LogP contribution in [0.4, 0.5) is 5.69 Å². The van der Waals surface area contributed by atoms with Gasteiger partial charge in [-0.15, -0.1) is 16.5 Å². The van der Waals surface area contributed by atoms with Gasteiger partial charge in [-0.3, -0.25) is 4.98 Å². The van der Waals surface area contributed by atoms with Gasteiger partial charge in [0.25, 0.3) is 0 Å². The molecule has 2 aromatic carbocycles. The fourth-order valence-corrected chi connectivity index (χ4v) is 2.46. The molecular weight excluding hydrogens is 274 g/mol. The molecule has 0 amide bonds. The topological polar surface area (TPSA) is 45.6 Å². The minimum atomic E-state index is 0.348. The van der Waals surface area contributed by atoms with Crippen LogP contribution in [-0.4, -0.2) is 17.4 Å². The van der Waals surface area contributed by atoms with E-state index in [0.717, 1.165) is 27.4 Å². The molecule has 100 valence electrons. The van der Waals surface area contributed by atoms with E-state index in [1.165, 1.54) is 5.01 Å². The minimum absolute atomic E-state index is 0.348. The molecule has 0 radical (unpaired) electrons. The lowest BCUT2D eigenvalue weighted by atomic mass is 10.1. The third kappa shape index (κ3) is 2.18. The lowest BCUT2D eigenvalue weighted by Crippen LogP contribution is -2.17. The summed E-state index contributed by atoms with van der Waals surface area (Å²) < 4.78 is 0. The number of nitroso groups, excluding NO2 is 1. The standard InChI is InChI=1S/C15H12ClN3O/c16-7-8-19(18-20)12-6-5-11-10-17-15-4-2-1-3-13(15)14(11)9-12/h1-6,9-10H,7-8H2. The van der Waals surface area contributed by atoms with E-state index in [4.69, 9.17) is 11.6 Å². The largest absolute Gasteiger partial charge is 0.256 e. The van der Waals surface area contributed by atoms with Gasteiger partial charge in [-0.25, -0.2) is 5.01 Å². The molecule has 5 heteroatoms. The first-order chi connectivity index (χ1) is 9.83. The van der Waals surface area contributed by atoms with Crippen molar-refractivity contribution in [2.75, 3.05) is 17.4 Å². The number of hydrogen-bond acceptors (Lipinski definition) is 3. The van der Waals surface area contributed by atoms with E-state index in [-0.39, 0.29) is 0 Å². The summed E-state index contributed by atoms with van der Waals surface area (Å²) in [5.74, 6) is 0.348. The fraction of sp³-hybridized carbons (Fsp3) is 0.133. The van der Waals surface area contributed by atoms with Crippen molar-refractivity contribution >= 4 is 39.0 Å². The van der Waals surface area contributed by atoms with Crippen LogP contribution in [0.25, 0.3) is 21.7 Å². The summed E-state index contributed by atoms with van der Waals surface area (Å²) in [5.41, 5.74) is 1.67. The van der Waals surface area contributed by atoms with Crippen LogP contribution in [0.2, 0.25) is 0 Å². The maximum Gasteiger partial charge on any atom is 0.0708 e. The number of benzene rings is 2. The van der Waals surface area contributed by atoms with Gasteiger partial charge in [0, 0.05) is 22.8 Å². The van der Waals surface area contributed by atoms with Gasteiger partial charge in [0.2, 0.25) is 0 Å². The van der Waals surface area contributed by atoms with Gasteiger partial charge in [0.1, 0.15) is 0 Å². The molecule has 20 heavy (non-hydrogen) atoms. The van der Waals surface area contributed by atoms with Crippen molar-refractivity contribution in [3.63, 3.8) is 0 Å². The first-order valence-electron chi connectivity index (χ1n) is 6.28. The highest BCUT2D eigenvalue weighted by atomic mass is 35.5. The summed E-state index contributed by atoms with van der Waals surface area (Å²) >= 11 is 5.69. The van der Waals surface area contributed by atoms with Crippen molar-refractivity contribution in [1.82, 2.24) is 4.98 Å². The van der Waals surface area contributed by atoms with Crippen molar-refractivity contribution in [2.24, 2.45) is 5.29 Å². The van der Waals surface area contributed by atoms with Crippen LogP contribution in [0.5, 0.6) is 0 Å². The highest BCUT2D eigenvalue weighted by Gasteiger charge is 2.08. The smallest absolute Gasteiger partial charge is 0.0708 e. The van der Waals surface area contributed by atoms with E-state index < -0.39 is 0 Å². The Morgan fingerprint density at radius 3 is 2.80 bits per heavy atom. The number of rotatable bonds is 4. The Balaban J connectivity index is 2.22. The SMILES string of the molecule is O=NN(CCCl)c1ccc2cnc3ccccc3c2c1. The van der Waals surface area contributed by atoms with E-state index in [0.29, 0.717) is 12.4 Å². The van der Waals surface area contributed by atoms with Gasteiger partial charge in [0.05, 0.1) is 23.0 Å². The van der Waals surface area contributed by atoms with Crippen molar-refractivity contribution < 1.29 is 0 Å². The molecule has 0 N–H and O–H groups in total. The second-order valence-corrected chi connectivity index (χ2v) is 4.82. The van der Waals surface area contributed by atoms with E-state index in [1.54, 1.807) is 0 Å². The van der Waals surface area contributed by atoms with Crippen LogP contribution in [0.1, 0.15) is 0 Å². The number of alkyl halides is 1. The predicted molar refractivity (Wildman–Crippen MR) is 83.1 cm³/mol. The second-order valence-electron chi connectivity index (χ2n) is 4.44. The zero-order valence-corrected chi connectivity index (χ0v) is 11.4. The van der Waals surface area contributed by atoms with Gasteiger partial charge in [0.15, 0.2) is 0 Å². The summed E-state index contributed by atoms with van der Waals surface area (Å²) in [6.07, 6.45) is 1.83. The Bertz CT molecular complexity index is 775. The molecule has 0 unspecified atom stereocenters. The van der Waals surface area contributed by atoms with E-state index in [2.05, 4.69) is 10.3 Å². The monoisotopic (exact) mass is 285 g/mol. The van der Waals surface area contributed by atoms with Crippen molar-refractivity contribution in [2.45, 2.75) is 0 Å². The molecule has 0 saturated carbocycles. The molecule has 0 fully saturated rings. The number of anilines is 1. The summed E-state index contributed by atoms with van der Waals surface area (Å²) in [4.78, 5) is 15.3. The number of hydrogen-bond donors (Lipinski definition) is 0. The summed E-state index contributed by atoms with van der Waals surface area (Å²) in [6.45, 7) is 0.388. The first kappa shape index (κ1) is 12.8. The Hall–Kier alpha value is -2.20. The highest BCUT2D eigenvalue weighted by Crippen LogP contribution is 2.27. The zero-order valence-electron chi connectivity index (χ0n) is 10.7. The van der Waals surface area contributed by atoms with Crippen LogP contribution in [0.3, 0.4) is 0 Å². The number of halogens is 1. The second kappa shape index (κ2) is 5.43. The molecule has 3 rings (SSSR count). The maximum atomic E-state index is 10.9. The molecule has 1 heterocycles. The average molecular weight is 286 g/mol. The molecule has 0 atom stereocenters. The molecule has 0 bridgehead atoms.